The molecule has 0 atom stereocenters. The van der Waals surface area contributed by atoms with E-state index in [2.05, 4.69) is 48.0 Å². The molecule has 0 radical (unpaired) electrons. The van der Waals surface area contributed by atoms with E-state index in [4.69, 9.17) is 0 Å². The number of nitrogens with one attached hydrogen (secondary N) is 1. The van der Waals surface area contributed by atoms with Crippen LogP contribution in [0.15, 0.2) is 6.33 Å². The first kappa shape index (κ1) is 13.3. The standard InChI is InChI=1S/C14H24N4/c1-14(2,3)6-8-18(4)13-11-9-15-7-5-12(11)16-10-17-13/h10,15H,5-9H2,1-4H3. The molecular weight excluding hydrogens is 224 g/mol. The van der Waals surface area contributed by atoms with Gasteiger partial charge in [0.15, 0.2) is 0 Å². The molecule has 0 saturated heterocycles. The van der Waals surface area contributed by atoms with Crippen molar-refractivity contribution in [1.29, 1.82) is 0 Å². The van der Waals surface area contributed by atoms with E-state index < -0.39 is 0 Å². The smallest absolute Gasteiger partial charge is 0.136 e. The lowest BCUT2D eigenvalue weighted by atomic mass is 9.92. The van der Waals surface area contributed by atoms with Gasteiger partial charge in [0.05, 0.1) is 5.69 Å². The fourth-order valence-corrected chi connectivity index (χ4v) is 2.19. The van der Waals surface area contributed by atoms with Crippen LogP contribution in [-0.4, -0.2) is 30.1 Å². The molecule has 0 amide bonds. The average Bonchev–Trinajstić information content (AvgIpc) is 2.34. The summed E-state index contributed by atoms with van der Waals surface area (Å²) >= 11 is 0. The highest BCUT2D eigenvalue weighted by Gasteiger charge is 2.19. The molecule has 0 spiro atoms. The maximum atomic E-state index is 4.47. The molecular formula is C14H24N4. The summed E-state index contributed by atoms with van der Waals surface area (Å²) in [5, 5.41) is 3.40. The second kappa shape index (κ2) is 5.22. The third kappa shape index (κ3) is 3.19. The first-order valence-corrected chi connectivity index (χ1v) is 6.72. The molecule has 2 heterocycles. The highest BCUT2D eigenvalue weighted by atomic mass is 15.2. The van der Waals surface area contributed by atoms with Crippen LogP contribution < -0.4 is 10.2 Å². The van der Waals surface area contributed by atoms with Crippen LogP contribution in [0.25, 0.3) is 0 Å². The largest absolute Gasteiger partial charge is 0.359 e. The molecule has 0 bridgehead atoms. The van der Waals surface area contributed by atoms with Crippen LogP contribution in [0.4, 0.5) is 5.82 Å². The van der Waals surface area contributed by atoms with Crippen LogP contribution in [0, 0.1) is 5.41 Å². The molecule has 2 rings (SSSR count). The summed E-state index contributed by atoms with van der Waals surface area (Å²) in [5.41, 5.74) is 2.85. The van der Waals surface area contributed by atoms with Crippen molar-refractivity contribution in [3.63, 3.8) is 0 Å². The first-order chi connectivity index (χ1) is 8.47. The molecule has 1 aromatic rings. The third-order valence-electron chi connectivity index (χ3n) is 3.41. The van der Waals surface area contributed by atoms with Crippen molar-refractivity contribution in [2.45, 2.75) is 40.2 Å². The van der Waals surface area contributed by atoms with Crippen LogP contribution in [0.2, 0.25) is 0 Å². The average molecular weight is 248 g/mol. The Balaban J connectivity index is 2.12. The fraction of sp³-hybridized carbons (Fsp3) is 0.714. The number of rotatable bonds is 3. The van der Waals surface area contributed by atoms with E-state index in [1.807, 2.05) is 0 Å². The fourth-order valence-electron chi connectivity index (χ4n) is 2.19. The van der Waals surface area contributed by atoms with E-state index in [0.29, 0.717) is 5.41 Å². The summed E-state index contributed by atoms with van der Waals surface area (Å²) in [4.78, 5) is 11.1. The second-order valence-corrected chi connectivity index (χ2v) is 6.28. The molecule has 0 aromatic carbocycles. The number of hydrogen-bond acceptors (Lipinski definition) is 4. The Morgan fingerprint density at radius 2 is 2.11 bits per heavy atom. The number of anilines is 1. The van der Waals surface area contributed by atoms with Gasteiger partial charge in [0.2, 0.25) is 0 Å². The van der Waals surface area contributed by atoms with Crippen molar-refractivity contribution in [1.82, 2.24) is 15.3 Å². The predicted molar refractivity (Wildman–Crippen MR) is 74.8 cm³/mol. The van der Waals surface area contributed by atoms with E-state index >= 15 is 0 Å². The minimum absolute atomic E-state index is 0.361. The predicted octanol–water partition coefficient (Wildman–Crippen LogP) is 1.99. The molecule has 18 heavy (non-hydrogen) atoms. The molecule has 0 fully saturated rings. The highest BCUT2D eigenvalue weighted by Crippen LogP contribution is 2.24. The molecule has 4 nitrogen and oxygen atoms in total. The lowest BCUT2D eigenvalue weighted by Gasteiger charge is -2.27. The first-order valence-electron chi connectivity index (χ1n) is 6.72. The summed E-state index contributed by atoms with van der Waals surface area (Å²) in [6, 6.07) is 0. The van der Waals surface area contributed by atoms with Crippen LogP contribution in [0.1, 0.15) is 38.4 Å². The number of fused-ring (bicyclic) bond motifs is 1. The Labute approximate surface area is 110 Å². The van der Waals surface area contributed by atoms with Crippen molar-refractivity contribution in [2.75, 3.05) is 25.0 Å². The lowest BCUT2D eigenvalue weighted by molar-refractivity contribution is 0.381. The van der Waals surface area contributed by atoms with E-state index in [0.717, 1.165) is 38.3 Å². The molecule has 1 aliphatic heterocycles. The molecule has 0 saturated carbocycles. The normalized spacial score (nSPS) is 15.3. The summed E-state index contributed by atoms with van der Waals surface area (Å²) in [7, 11) is 2.13. The molecule has 1 N–H and O–H groups in total. The topological polar surface area (TPSA) is 41.1 Å². The SMILES string of the molecule is CN(CCC(C)(C)C)c1ncnc2c1CNCC2. The summed E-state index contributed by atoms with van der Waals surface area (Å²) in [6.45, 7) is 9.78. The van der Waals surface area contributed by atoms with Gasteiger partial charge in [-0.05, 0) is 11.8 Å². The third-order valence-corrected chi connectivity index (χ3v) is 3.41. The zero-order valence-electron chi connectivity index (χ0n) is 12.0. The summed E-state index contributed by atoms with van der Waals surface area (Å²) in [5.74, 6) is 1.09. The van der Waals surface area contributed by atoms with Crippen LogP contribution in [0.5, 0.6) is 0 Å². The van der Waals surface area contributed by atoms with E-state index in [1.54, 1.807) is 6.33 Å². The zero-order chi connectivity index (χ0) is 13.2. The van der Waals surface area contributed by atoms with Gasteiger partial charge in [0.25, 0.3) is 0 Å². The van der Waals surface area contributed by atoms with Gasteiger partial charge in [-0.1, -0.05) is 20.8 Å². The summed E-state index contributed by atoms with van der Waals surface area (Å²) < 4.78 is 0. The van der Waals surface area contributed by atoms with Crippen LogP contribution in [0.3, 0.4) is 0 Å². The van der Waals surface area contributed by atoms with Crippen molar-refractivity contribution >= 4 is 5.82 Å². The molecule has 4 heteroatoms. The van der Waals surface area contributed by atoms with Gasteiger partial charge in [0.1, 0.15) is 12.1 Å². The second-order valence-electron chi connectivity index (χ2n) is 6.28. The van der Waals surface area contributed by atoms with Gasteiger partial charge in [-0.2, -0.15) is 0 Å². The molecule has 1 aromatic heterocycles. The lowest BCUT2D eigenvalue weighted by Crippen LogP contribution is -2.30. The monoisotopic (exact) mass is 248 g/mol. The van der Waals surface area contributed by atoms with Gasteiger partial charge in [-0.15, -0.1) is 0 Å². The van der Waals surface area contributed by atoms with E-state index in [-0.39, 0.29) is 0 Å². The van der Waals surface area contributed by atoms with Gasteiger partial charge < -0.3 is 10.2 Å². The van der Waals surface area contributed by atoms with E-state index in [1.165, 1.54) is 11.3 Å². The highest BCUT2D eigenvalue weighted by molar-refractivity contribution is 5.48. The Bertz CT molecular complexity index is 409. The van der Waals surface area contributed by atoms with Crippen molar-refractivity contribution in [2.24, 2.45) is 5.41 Å². The molecule has 1 aliphatic rings. The Morgan fingerprint density at radius 3 is 2.83 bits per heavy atom. The van der Waals surface area contributed by atoms with Crippen molar-refractivity contribution < 1.29 is 0 Å². The van der Waals surface area contributed by atoms with E-state index in [9.17, 15) is 0 Å². The molecule has 0 aliphatic carbocycles. The number of aromatic nitrogens is 2. The maximum absolute atomic E-state index is 4.47. The minimum atomic E-state index is 0.361. The minimum Gasteiger partial charge on any atom is -0.359 e. The maximum Gasteiger partial charge on any atom is 0.136 e. The number of nitrogens with zero attached hydrogens (tertiary/aromatic N) is 3. The quantitative estimate of drug-likeness (QED) is 0.888. The van der Waals surface area contributed by atoms with Crippen LogP contribution in [-0.2, 0) is 13.0 Å². The van der Waals surface area contributed by atoms with Crippen molar-refractivity contribution in [3.8, 4) is 0 Å². The Hall–Kier alpha value is -1.16. The van der Waals surface area contributed by atoms with Gasteiger partial charge >= 0.3 is 0 Å². The van der Waals surface area contributed by atoms with Crippen molar-refractivity contribution in [3.05, 3.63) is 17.6 Å². The molecule has 0 unspecified atom stereocenters. The van der Waals surface area contributed by atoms with Gasteiger partial charge in [-0.25, -0.2) is 9.97 Å². The van der Waals surface area contributed by atoms with Gasteiger partial charge in [-0.3, -0.25) is 0 Å². The summed E-state index contributed by atoms with van der Waals surface area (Å²) in [6.07, 6.45) is 3.88. The zero-order valence-corrected chi connectivity index (χ0v) is 12.0. The Kier molecular flexibility index (Phi) is 3.85. The number of hydrogen-bond donors (Lipinski definition) is 1. The van der Waals surface area contributed by atoms with Crippen LogP contribution >= 0.6 is 0 Å². The Morgan fingerprint density at radius 1 is 1.33 bits per heavy atom. The molecule has 100 valence electrons. The van der Waals surface area contributed by atoms with Gasteiger partial charge in [0, 0.05) is 38.7 Å².